The Bertz CT molecular complexity index is 1430. The molecule has 0 radical (unpaired) electrons. The predicted molar refractivity (Wildman–Crippen MR) is 127 cm³/mol. The van der Waals surface area contributed by atoms with Crippen molar-refractivity contribution in [3.63, 3.8) is 0 Å². The fraction of sp³-hybridized carbons (Fsp3) is 0.320. The Labute approximate surface area is 196 Å². The second-order valence-electron chi connectivity index (χ2n) is 8.87. The number of carbonyl (C=O) groups is 2. The predicted octanol–water partition coefficient (Wildman–Crippen LogP) is 2.95. The van der Waals surface area contributed by atoms with Crippen molar-refractivity contribution in [2.24, 2.45) is 0 Å². The standard InChI is InChI=1S/C25H27N5O4/c1-14-9-17-12-19(6-8-29(17)22(14)24(32)26-3)34-21-5-7-27-30-13-20(15(2)23(21)30)25(33)28(4)16-10-18(31)11-16/h5-9,12-13,16,18,31H,10-11H2,1-4H3,(H,26,32). The zero-order valence-electron chi connectivity index (χ0n) is 19.6. The maximum Gasteiger partial charge on any atom is 0.268 e. The van der Waals surface area contributed by atoms with Crippen LogP contribution in [0.1, 0.15) is 44.8 Å². The van der Waals surface area contributed by atoms with Crippen molar-refractivity contribution in [2.75, 3.05) is 14.1 Å². The fourth-order valence-electron chi connectivity index (χ4n) is 4.64. The quantitative estimate of drug-likeness (QED) is 0.476. The topological polar surface area (TPSA) is 101 Å². The van der Waals surface area contributed by atoms with Crippen LogP contribution < -0.4 is 10.1 Å². The summed E-state index contributed by atoms with van der Waals surface area (Å²) in [7, 11) is 3.38. The molecule has 0 saturated heterocycles. The van der Waals surface area contributed by atoms with Gasteiger partial charge < -0.3 is 24.5 Å². The molecule has 9 nitrogen and oxygen atoms in total. The van der Waals surface area contributed by atoms with Gasteiger partial charge in [-0.1, -0.05) is 0 Å². The molecule has 5 rings (SSSR count). The van der Waals surface area contributed by atoms with E-state index in [0.29, 0.717) is 41.1 Å². The number of amides is 2. The number of ether oxygens (including phenoxy) is 1. The van der Waals surface area contributed by atoms with Gasteiger partial charge in [-0.25, -0.2) is 4.52 Å². The van der Waals surface area contributed by atoms with E-state index in [4.69, 9.17) is 4.74 Å². The van der Waals surface area contributed by atoms with Gasteiger partial charge in [0.1, 0.15) is 17.0 Å². The number of aryl methyl sites for hydroxylation is 2. The summed E-state index contributed by atoms with van der Waals surface area (Å²) in [6, 6.07) is 7.43. The highest BCUT2D eigenvalue weighted by molar-refractivity contribution is 5.98. The largest absolute Gasteiger partial charge is 0.455 e. The number of rotatable bonds is 5. The van der Waals surface area contributed by atoms with Crippen LogP contribution in [0, 0.1) is 13.8 Å². The van der Waals surface area contributed by atoms with E-state index in [0.717, 1.165) is 16.6 Å². The summed E-state index contributed by atoms with van der Waals surface area (Å²) < 4.78 is 9.72. The monoisotopic (exact) mass is 461 g/mol. The lowest BCUT2D eigenvalue weighted by molar-refractivity contribution is 0.0132. The number of nitrogens with zero attached hydrogens (tertiary/aromatic N) is 4. The van der Waals surface area contributed by atoms with Gasteiger partial charge in [-0.2, -0.15) is 5.10 Å². The molecule has 0 aromatic carbocycles. The van der Waals surface area contributed by atoms with E-state index in [2.05, 4.69) is 10.4 Å². The summed E-state index contributed by atoms with van der Waals surface area (Å²) >= 11 is 0. The highest BCUT2D eigenvalue weighted by Crippen LogP contribution is 2.33. The molecule has 0 unspecified atom stereocenters. The van der Waals surface area contributed by atoms with Crippen LogP contribution in [0.15, 0.2) is 42.9 Å². The highest BCUT2D eigenvalue weighted by Gasteiger charge is 2.34. The van der Waals surface area contributed by atoms with Crippen LogP contribution >= 0.6 is 0 Å². The zero-order valence-corrected chi connectivity index (χ0v) is 19.6. The van der Waals surface area contributed by atoms with Crippen LogP contribution in [0.25, 0.3) is 11.0 Å². The summed E-state index contributed by atoms with van der Waals surface area (Å²) in [4.78, 5) is 27.1. The van der Waals surface area contributed by atoms with E-state index in [1.807, 2.05) is 36.6 Å². The van der Waals surface area contributed by atoms with Gasteiger partial charge in [0.25, 0.3) is 11.8 Å². The first-order valence-electron chi connectivity index (χ1n) is 11.2. The summed E-state index contributed by atoms with van der Waals surface area (Å²) in [5, 5.41) is 16.6. The number of aromatic nitrogens is 3. The molecular weight excluding hydrogens is 434 g/mol. The molecule has 0 aliphatic heterocycles. The van der Waals surface area contributed by atoms with Crippen molar-refractivity contribution in [1.82, 2.24) is 24.2 Å². The number of nitrogens with one attached hydrogen (secondary N) is 1. The lowest BCUT2D eigenvalue weighted by Crippen LogP contribution is -2.47. The third-order valence-corrected chi connectivity index (χ3v) is 6.68. The summed E-state index contributed by atoms with van der Waals surface area (Å²) in [5.74, 6) is 0.935. The third-order valence-electron chi connectivity index (χ3n) is 6.68. The van der Waals surface area contributed by atoms with Gasteiger partial charge in [0.05, 0.1) is 17.9 Å². The molecular formula is C25H27N5O4. The minimum absolute atomic E-state index is 0.0468. The summed E-state index contributed by atoms with van der Waals surface area (Å²) in [6.07, 6.45) is 6.04. The van der Waals surface area contributed by atoms with Gasteiger partial charge in [-0.05, 0) is 49.9 Å². The zero-order chi connectivity index (χ0) is 24.1. The van der Waals surface area contributed by atoms with Crippen LogP contribution in [-0.2, 0) is 0 Å². The molecule has 4 heterocycles. The Balaban J connectivity index is 1.48. The summed E-state index contributed by atoms with van der Waals surface area (Å²) in [6.45, 7) is 3.78. The highest BCUT2D eigenvalue weighted by atomic mass is 16.5. The molecule has 4 aromatic heterocycles. The Morgan fingerprint density at radius 3 is 2.71 bits per heavy atom. The Kier molecular flexibility index (Phi) is 5.28. The molecule has 1 saturated carbocycles. The molecule has 1 aliphatic rings. The maximum absolute atomic E-state index is 13.1. The number of aliphatic hydroxyl groups excluding tert-OH is 1. The maximum atomic E-state index is 13.1. The molecule has 1 fully saturated rings. The minimum Gasteiger partial charge on any atom is -0.455 e. The molecule has 0 bridgehead atoms. The van der Waals surface area contributed by atoms with Crippen molar-refractivity contribution in [2.45, 2.75) is 38.8 Å². The minimum atomic E-state index is -0.328. The number of carbonyl (C=O) groups excluding carboxylic acids is 2. The Morgan fingerprint density at radius 2 is 2.00 bits per heavy atom. The lowest BCUT2D eigenvalue weighted by atomic mass is 9.88. The van der Waals surface area contributed by atoms with E-state index in [9.17, 15) is 14.7 Å². The molecule has 1 aliphatic carbocycles. The second kappa shape index (κ2) is 8.18. The average molecular weight is 462 g/mol. The van der Waals surface area contributed by atoms with Crippen LogP contribution in [0.3, 0.4) is 0 Å². The van der Waals surface area contributed by atoms with E-state index in [-0.39, 0.29) is 24.0 Å². The summed E-state index contributed by atoms with van der Waals surface area (Å²) in [5.41, 5.74) is 4.35. The molecule has 2 N–H and O–H groups in total. The molecule has 2 amide bonds. The fourth-order valence-corrected chi connectivity index (χ4v) is 4.64. The number of pyridine rings is 1. The number of hydrogen-bond donors (Lipinski definition) is 2. The van der Waals surface area contributed by atoms with Gasteiger partial charge in [0.2, 0.25) is 0 Å². The molecule has 9 heteroatoms. The first kappa shape index (κ1) is 22.0. The number of fused-ring (bicyclic) bond motifs is 2. The van der Waals surface area contributed by atoms with Gasteiger partial charge >= 0.3 is 0 Å². The van der Waals surface area contributed by atoms with Crippen molar-refractivity contribution < 1.29 is 19.4 Å². The van der Waals surface area contributed by atoms with Crippen molar-refractivity contribution in [3.8, 4) is 11.5 Å². The van der Waals surface area contributed by atoms with E-state index >= 15 is 0 Å². The first-order valence-corrected chi connectivity index (χ1v) is 11.2. The van der Waals surface area contributed by atoms with E-state index < -0.39 is 0 Å². The van der Waals surface area contributed by atoms with Crippen LogP contribution in [0.5, 0.6) is 11.5 Å². The van der Waals surface area contributed by atoms with Gasteiger partial charge in [-0.15, -0.1) is 0 Å². The lowest BCUT2D eigenvalue weighted by Gasteiger charge is -2.38. The Morgan fingerprint density at radius 1 is 1.24 bits per heavy atom. The SMILES string of the molecule is CNC(=O)c1c(C)cc2cc(Oc3ccnn4cc(C(=O)N(C)C5CC(O)C5)c(C)c34)ccn12. The second-order valence-corrected chi connectivity index (χ2v) is 8.87. The smallest absolute Gasteiger partial charge is 0.268 e. The van der Waals surface area contributed by atoms with E-state index in [1.165, 1.54) is 0 Å². The van der Waals surface area contributed by atoms with Gasteiger partial charge in [0, 0.05) is 50.2 Å². The first-order chi connectivity index (χ1) is 16.3. The molecule has 34 heavy (non-hydrogen) atoms. The average Bonchev–Trinajstić information content (AvgIpc) is 3.31. The van der Waals surface area contributed by atoms with Crippen LogP contribution in [0.4, 0.5) is 0 Å². The van der Waals surface area contributed by atoms with Crippen molar-refractivity contribution in [3.05, 3.63) is 65.2 Å². The third kappa shape index (κ3) is 3.49. The van der Waals surface area contributed by atoms with Crippen molar-refractivity contribution >= 4 is 22.8 Å². The Hall–Kier alpha value is -3.85. The molecule has 4 aromatic rings. The molecule has 176 valence electrons. The number of aliphatic hydroxyl groups is 1. The number of hydrogen-bond acceptors (Lipinski definition) is 5. The van der Waals surface area contributed by atoms with Crippen LogP contribution in [0.2, 0.25) is 0 Å². The normalized spacial score (nSPS) is 17.6. The van der Waals surface area contributed by atoms with Crippen molar-refractivity contribution in [1.29, 1.82) is 0 Å². The molecule has 0 atom stereocenters. The van der Waals surface area contributed by atoms with Gasteiger partial charge in [-0.3, -0.25) is 9.59 Å². The van der Waals surface area contributed by atoms with Crippen LogP contribution in [-0.4, -0.2) is 62.1 Å². The van der Waals surface area contributed by atoms with E-state index in [1.54, 1.807) is 48.0 Å². The van der Waals surface area contributed by atoms with Gasteiger partial charge in [0.15, 0.2) is 5.75 Å². The molecule has 0 spiro atoms.